The molecule has 16 heavy (non-hydrogen) atoms. The number of halogens is 2. The first-order valence-electron chi connectivity index (χ1n) is 4.65. The first kappa shape index (κ1) is 11.0. The van der Waals surface area contributed by atoms with Crippen molar-refractivity contribution in [3.05, 3.63) is 46.6 Å². The van der Waals surface area contributed by atoms with Crippen molar-refractivity contribution < 1.29 is 4.39 Å². The number of nitrogens with zero attached hydrogens (tertiary/aromatic N) is 2. The Morgan fingerprint density at radius 1 is 1.19 bits per heavy atom. The van der Waals surface area contributed by atoms with Gasteiger partial charge in [-0.05, 0) is 30.7 Å². The number of anilines is 2. The summed E-state index contributed by atoms with van der Waals surface area (Å²) in [5.74, 6) is -0.116. The molecule has 1 heterocycles. The van der Waals surface area contributed by atoms with E-state index < -0.39 is 5.95 Å². The Bertz CT molecular complexity index is 496. The lowest BCUT2D eigenvalue weighted by molar-refractivity contribution is 0.580. The minimum atomic E-state index is -0.552. The first-order chi connectivity index (χ1) is 7.63. The number of rotatable bonds is 2. The van der Waals surface area contributed by atoms with Crippen molar-refractivity contribution in [2.24, 2.45) is 0 Å². The fourth-order valence-corrected chi connectivity index (χ4v) is 1.97. The maximum atomic E-state index is 12.8. The summed E-state index contributed by atoms with van der Waals surface area (Å²) in [7, 11) is 0. The van der Waals surface area contributed by atoms with Crippen LogP contribution >= 0.6 is 15.9 Å². The van der Waals surface area contributed by atoms with Gasteiger partial charge in [0.05, 0.1) is 0 Å². The zero-order chi connectivity index (χ0) is 11.5. The second kappa shape index (κ2) is 4.57. The zero-order valence-corrected chi connectivity index (χ0v) is 10.1. The van der Waals surface area contributed by atoms with Crippen LogP contribution in [0.4, 0.5) is 15.9 Å². The highest BCUT2D eigenvalue weighted by Gasteiger charge is 2.00. The number of aryl methyl sites for hydroxylation is 1. The highest BCUT2D eigenvalue weighted by molar-refractivity contribution is 9.10. The van der Waals surface area contributed by atoms with Crippen LogP contribution in [0.15, 0.2) is 35.1 Å². The fourth-order valence-electron chi connectivity index (χ4n) is 1.36. The summed E-state index contributed by atoms with van der Waals surface area (Å²) in [6.45, 7) is 1.98. The molecular formula is C11H9BrFN3. The van der Waals surface area contributed by atoms with Crippen LogP contribution in [-0.2, 0) is 0 Å². The topological polar surface area (TPSA) is 37.8 Å². The lowest BCUT2D eigenvalue weighted by Crippen LogP contribution is -1.96. The maximum Gasteiger partial charge on any atom is 0.218 e. The van der Waals surface area contributed by atoms with E-state index in [0.717, 1.165) is 15.7 Å². The van der Waals surface area contributed by atoms with E-state index in [-0.39, 0.29) is 0 Å². The van der Waals surface area contributed by atoms with Crippen LogP contribution in [-0.4, -0.2) is 9.97 Å². The van der Waals surface area contributed by atoms with Crippen molar-refractivity contribution in [1.29, 1.82) is 0 Å². The minimum absolute atomic E-state index is 0.435. The molecule has 1 aromatic carbocycles. The summed E-state index contributed by atoms with van der Waals surface area (Å²) in [5, 5.41) is 3.01. The van der Waals surface area contributed by atoms with E-state index in [9.17, 15) is 4.39 Å². The maximum absolute atomic E-state index is 12.8. The largest absolute Gasteiger partial charge is 0.340 e. The van der Waals surface area contributed by atoms with Crippen LogP contribution in [0.1, 0.15) is 5.56 Å². The Morgan fingerprint density at radius 3 is 2.69 bits per heavy atom. The third-order valence-corrected chi connectivity index (χ3v) is 2.41. The molecule has 0 atom stereocenters. The molecule has 0 aliphatic heterocycles. The van der Waals surface area contributed by atoms with Crippen LogP contribution in [0.3, 0.4) is 0 Å². The predicted molar refractivity (Wildman–Crippen MR) is 64.2 cm³/mol. The van der Waals surface area contributed by atoms with E-state index in [0.29, 0.717) is 5.82 Å². The van der Waals surface area contributed by atoms with E-state index in [1.807, 2.05) is 25.1 Å². The van der Waals surface area contributed by atoms with E-state index in [2.05, 4.69) is 31.2 Å². The molecule has 0 amide bonds. The van der Waals surface area contributed by atoms with Crippen molar-refractivity contribution in [3.8, 4) is 0 Å². The Hall–Kier alpha value is -1.49. The van der Waals surface area contributed by atoms with Gasteiger partial charge in [0, 0.05) is 16.2 Å². The van der Waals surface area contributed by atoms with Crippen LogP contribution < -0.4 is 5.32 Å². The molecule has 0 aliphatic carbocycles. The molecule has 5 heteroatoms. The molecule has 0 bridgehead atoms. The smallest absolute Gasteiger partial charge is 0.218 e. The van der Waals surface area contributed by atoms with Gasteiger partial charge in [0.1, 0.15) is 12.1 Å². The van der Waals surface area contributed by atoms with Gasteiger partial charge >= 0.3 is 0 Å². The molecule has 2 rings (SSSR count). The standard InChI is InChI=1S/C11H9BrFN3/c1-7-2-8(12)4-9(3-7)16-11-5-10(13)14-6-15-11/h2-6H,1H3,(H,14,15,16). The summed E-state index contributed by atoms with van der Waals surface area (Å²) in [4.78, 5) is 7.31. The third kappa shape index (κ3) is 2.76. The molecule has 1 N–H and O–H groups in total. The van der Waals surface area contributed by atoms with Crippen LogP contribution in [0, 0.1) is 12.9 Å². The minimum Gasteiger partial charge on any atom is -0.340 e. The van der Waals surface area contributed by atoms with E-state index in [1.165, 1.54) is 12.4 Å². The number of aromatic nitrogens is 2. The van der Waals surface area contributed by atoms with Crippen molar-refractivity contribution in [2.45, 2.75) is 6.92 Å². The van der Waals surface area contributed by atoms with Crippen LogP contribution in [0.2, 0.25) is 0 Å². The molecule has 0 unspecified atom stereocenters. The number of hydrogen-bond donors (Lipinski definition) is 1. The lowest BCUT2D eigenvalue weighted by atomic mass is 10.2. The van der Waals surface area contributed by atoms with E-state index in [4.69, 9.17) is 0 Å². The van der Waals surface area contributed by atoms with Gasteiger partial charge in [0.15, 0.2) is 0 Å². The van der Waals surface area contributed by atoms with Crippen LogP contribution in [0.25, 0.3) is 0 Å². The number of hydrogen-bond acceptors (Lipinski definition) is 3. The zero-order valence-electron chi connectivity index (χ0n) is 8.54. The Morgan fingerprint density at radius 2 is 2.00 bits per heavy atom. The van der Waals surface area contributed by atoms with Gasteiger partial charge in [-0.25, -0.2) is 9.97 Å². The molecule has 0 saturated heterocycles. The SMILES string of the molecule is Cc1cc(Br)cc(Nc2cc(F)ncn2)c1. The molecule has 0 fully saturated rings. The molecule has 3 nitrogen and oxygen atoms in total. The molecule has 0 aliphatic rings. The summed E-state index contributed by atoms with van der Waals surface area (Å²) in [6, 6.07) is 7.08. The Labute approximate surface area is 101 Å². The normalized spacial score (nSPS) is 10.2. The number of nitrogens with one attached hydrogen (secondary N) is 1. The second-order valence-corrected chi connectivity index (χ2v) is 4.28. The third-order valence-electron chi connectivity index (χ3n) is 1.95. The molecule has 2 aromatic rings. The Balaban J connectivity index is 2.27. The summed E-state index contributed by atoms with van der Waals surface area (Å²) >= 11 is 3.39. The highest BCUT2D eigenvalue weighted by Crippen LogP contribution is 2.21. The van der Waals surface area contributed by atoms with Gasteiger partial charge in [0.2, 0.25) is 5.95 Å². The summed E-state index contributed by atoms with van der Waals surface area (Å²) in [5.41, 5.74) is 1.95. The first-order valence-corrected chi connectivity index (χ1v) is 5.44. The fraction of sp³-hybridized carbons (Fsp3) is 0.0909. The van der Waals surface area contributed by atoms with E-state index >= 15 is 0 Å². The summed E-state index contributed by atoms with van der Waals surface area (Å²) < 4.78 is 13.8. The Kier molecular flexibility index (Phi) is 3.14. The van der Waals surface area contributed by atoms with Crippen molar-refractivity contribution in [1.82, 2.24) is 9.97 Å². The van der Waals surface area contributed by atoms with Gasteiger partial charge in [0.25, 0.3) is 0 Å². The average Bonchev–Trinajstić information content (AvgIpc) is 2.15. The van der Waals surface area contributed by atoms with Gasteiger partial charge < -0.3 is 5.32 Å². The van der Waals surface area contributed by atoms with Gasteiger partial charge in [-0.15, -0.1) is 0 Å². The van der Waals surface area contributed by atoms with Crippen LogP contribution in [0.5, 0.6) is 0 Å². The van der Waals surface area contributed by atoms with Gasteiger partial charge in [-0.1, -0.05) is 15.9 Å². The second-order valence-electron chi connectivity index (χ2n) is 3.37. The monoisotopic (exact) mass is 281 g/mol. The predicted octanol–water partition coefficient (Wildman–Crippen LogP) is 3.43. The highest BCUT2D eigenvalue weighted by atomic mass is 79.9. The molecule has 0 spiro atoms. The molecular weight excluding hydrogens is 273 g/mol. The molecule has 1 aromatic heterocycles. The molecule has 82 valence electrons. The molecule has 0 saturated carbocycles. The molecule has 0 radical (unpaired) electrons. The quantitative estimate of drug-likeness (QED) is 0.857. The van der Waals surface area contributed by atoms with Crippen molar-refractivity contribution in [2.75, 3.05) is 5.32 Å². The number of benzene rings is 1. The summed E-state index contributed by atoms with van der Waals surface area (Å²) in [6.07, 6.45) is 1.18. The van der Waals surface area contributed by atoms with Gasteiger partial charge in [-0.3, -0.25) is 0 Å². The van der Waals surface area contributed by atoms with Crippen molar-refractivity contribution >= 4 is 27.4 Å². The average molecular weight is 282 g/mol. The van der Waals surface area contributed by atoms with E-state index in [1.54, 1.807) is 0 Å². The van der Waals surface area contributed by atoms with Gasteiger partial charge in [-0.2, -0.15) is 4.39 Å². The lowest BCUT2D eigenvalue weighted by Gasteiger charge is -2.06. The van der Waals surface area contributed by atoms with Crippen molar-refractivity contribution in [3.63, 3.8) is 0 Å².